The van der Waals surface area contributed by atoms with Crippen LogP contribution in [0.2, 0.25) is 0 Å². The summed E-state index contributed by atoms with van der Waals surface area (Å²) in [6, 6.07) is 0. The second-order valence-corrected chi connectivity index (χ2v) is 8.15. The lowest BCUT2D eigenvalue weighted by molar-refractivity contribution is 0.536. The predicted octanol–water partition coefficient (Wildman–Crippen LogP) is 1.30. The molecule has 1 aliphatic carbocycles. The van der Waals surface area contributed by atoms with E-state index in [4.69, 9.17) is 5.73 Å². The molecule has 1 fully saturated rings. The highest BCUT2D eigenvalue weighted by molar-refractivity contribution is 7.89. The van der Waals surface area contributed by atoms with Crippen molar-refractivity contribution >= 4 is 32.1 Å². The van der Waals surface area contributed by atoms with Crippen molar-refractivity contribution < 1.29 is 8.42 Å². The first-order valence-electron chi connectivity index (χ1n) is 6.02. The van der Waals surface area contributed by atoms with Crippen molar-refractivity contribution in [3.05, 3.63) is 11.6 Å². The highest BCUT2D eigenvalue weighted by Crippen LogP contribution is 2.51. The summed E-state index contributed by atoms with van der Waals surface area (Å²) in [5.74, 6) is 0.448. The molecule has 0 amide bonds. The molecule has 0 bridgehead atoms. The quantitative estimate of drug-likeness (QED) is 0.890. The van der Waals surface area contributed by atoms with Crippen molar-refractivity contribution in [2.75, 3.05) is 12.3 Å². The van der Waals surface area contributed by atoms with Crippen LogP contribution in [0, 0.1) is 11.3 Å². The van der Waals surface area contributed by atoms with Crippen molar-refractivity contribution in [2.45, 2.75) is 25.3 Å². The first-order valence-corrected chi connectivity index (χ1v) is 8.38. The summed E-state index contributed by atoms with van der Waals surface area (Å²) in [7, 11) is -3.62. The average Bonchev–Trinajstić information content (AvgIpc) is 2.60. The molecular weight excluding hydrogens is 284 g/mol. The van der Waals surface area contributed by atoms with Crippen LogP contribution in [0.15, 0.2) is 16.6 Å². The van der Waals surface area contributed by atoms with Gasteiger partial charge in [0.25, 0.3) is 10.0 Å². The fourth-order valence-electron chi connectivity index (χ4n) is 2.25. The topological polar surface area (TPSA) is 89.5 Å². The molecule has 1 saturated carbocycles. The van der Waals surface area contributed by atoms with E-state index in [-0.39, 0.29) is 16.3 Å². The molecule has 0 aliphatic heterocycles. The standard InChI is InChI=1S/C11H16N4O2S2/c1-11(2)5-7(11)6-13-19(16,17)9-8(12)14-10-15(9)3-4-18-10/h3-4,7,13H,5-6,12H2,1-2H3. The Morgan fingerprint density at radius 3 is 2.95 bits per heavy atom. The molecule has 3 rings (SSSR count). The maximum Gasteiger partial charge on any atom is 0.260 e. The molecule has 0 saturated heterocycles. The molecular formula is C11H16N4O2S2. The molecule has 1 unspecified atom stereocenters. The van der Waals surface area contributed by atoms with E-state index in [0.717, 1.165) is 6.42 Å². The number of imidazole rings is 1. The van der Waals surface area contributed by atoms with Crippen molar-refractivity contribution in [1.29, 1.82) is 0 Å². The number of thiazole rings is 1. The third-order valence-corrected chi connectivity index (χ3v) is 5.95. The van der Waals surface area contributed by atoms with E-state index < -0.39 is 10.0 Å². The SMILES string of the molecule is CC1(C)CC1CNS(=O)(=O)c1c(N)nc2sccn12. The zero-order valence-electron chi connectivity index (χ0n) is 10.8. The molecule has 1 atom stereocenters. The number of nitrogen functional groups attached to an aromatic ring is 1. The van der Waals surface area contributed by atoms with Crippen molar-refractivity contribution in [1.82, 2.24) is 14.1 Å². The molecule has 19 heavy (non-hydrogen) atoms. The van der Waals surface area contributed by atoms with E-state index >= 15 is 0 Å². The molecule has 0 radical (unpaired) electrons. The van der Waals surface area contributed by atoms with Crippen LogP contribution >= 0.6 is 11.3 Å². The Kier molecular flexibility index (Phi) is 2.67. The van der Waals surface area contributed by atoms with Crippen LogP contribution in [-0.4, -0.2) is 24.3 Å². The van der Waals surface area contributed by atoms with Gasteiger partial charge >= 0.3 is 0 Å². The van der Waals surface area contributed by atoms with Crippen LogP contribution < -0.4 is 10.5 Å². The van der Waals surface area contributed by atoms with E-state index in [1.807, 2.05) is 0 Å². The Bertz CT molecular complexity index is 729. The molecule has 8 heteroatoms. The number of aromatic nitrogens is 2. The Hall–Kier alpha value is -1.12. The van der Waals surface area contributed by atoms with Gasteiger partial charge in [0.2, 0.25) is 0 Å². The Morgan fingerprint density at radius 2 is 2.32 bits per heavy atom. The Morgan fingerprint density at radius 1 is 1.63 bits per heavy atom. The lowest BCUT2D eigenvalue weighted by Gasteiger charge is -2.07. The molecule has 2 aromatic heterocycles. The summed E-state index contributed by atoms with van der Waals surface area (Å²) in [6.07, 6.45) is 2.71. The van der Waals surface area contributed by atoms with Gasteiger partial charge in [-0.05, 0) is 17.8 Å². The van der Waals surface area contributed by atoms with Gasteiger partial charge in [-0.1, -0.05) is 13.8 Å². The molecule has 0 aromatic carbocycles. The number of rotatable bonds is 4. The summed E-state index contributed by atoms with van der Waals surface area (Å²) in [6.45, 7) is 4.72. The monoisotopic (exact) mass is 300 g/mol. The van der Waals surface area contributed by atoms with Gasteiger partial charge in [-0.2, -0.15) is 0 Å². The first kappa shape index (κ1) is 12.9. The number of nitrogens with two attached hydrogens (primary N) is 1. The molecule has 2 heterocycles. The molecule has 3 N–H and O–H groups in total. The third-order valence-electron chi connectivity index (χ3n) is 3.74. The number of anilines is 1. The summed E-state index contributed by atoms with van der Waals surface area (Å²) in [5, 5.41) is 1.83. The predicted molar refractivity (Wildman–Crippen MR) is 74.6 cm³/mol. The number of nitrogens with zero attached hydrogens (tertiary/aromatic N) is 2. The third kappa shape index (κ3) is 2.13. The first-order chi connectivity index (χ1) is 8.81. The maximum absolute atomic E-state index is 12.3. The van der Waals surface area contributed by atoms with Gasteiger partial charge in [0, 0.05) is 18.1 Å². The fraction of sp³-hybridized carbons (Fsp3) is 0.545. The number of hydrogen-bond acceptors (Lipinski definition) is 5. The van der Waals surface area contributed by atoms with Crippen LogP contribution in [0.3, 0.4) is 0 Å². The summed E-state index contributed by atoms with van der Waals surface area (Å²) < 4.78 is 28.8. The highest BCUT2D eigenvalue weighted by atomic mass is 32.2. The van der Waals surface area contributed by atoms with E-state index in [1.54, 1.807) is 11.6 Å². The van der Waals surface area contributed by atoms with Gasteiger partial charge < -0.3 is 5.73 Å². The molecule has 1 aliphatic rings. The van der Waals surface area contributed by atoms with Crippen LogP contribution in [0.4, 0.5) is 5.82 Å². The summed E-state index contributed by atoms with van der Waals surface area (Å²) in [4.78, 5) is 4.64. The fourth-order valence-corrected chi connectivity index (χ4v) is 4.32. The minimum atomic E-state index is -3.62. The minimum Gasteiger partial charge on any atom is -0.381 e. The van der Waals surface area contributed by atoms with Gasteiger partial charge in [0.1, 0.15) is 0 Å². The number of fused-ring (bicyclic) bond motifs is 1. The summed E-state index contributed by atoms with van der Waals surface area (Å²) in [5.41, 5.74) is 5.95. The van der Waals surface area contributed by atoms with Crippen LogP contribution in [0.1, 0.15) is 20.3 Å². The number of hydrogen-bond donors (Lipinski definition) is 2. The lowest BCUT2D eigenvalue weighted by Crippen LogP contribution is -2.28. The second-order valence-electron chi connectivity index (χ2n) is 5.60. The van der Waals surface area contributed by atoms with Crippen LogP contribution in [0.5, 0.6) is 0 Å². The number of sulfonamides is 1. The highest BCUT2D eigenvalue weighted by Gasteiger charge is 2.45. The summed E-state index contributed by atoms with van der Waals surface area (Å²) >= 11 is 1.35. The normalized spacial score (nSPS) is 21.9. The van der Waals surface area contributed by atoms with Crippen molar-refractivity contribution in [3.63, 3.8) is 0 Å². The van der Waals surface area contributed by atoms with Gasteiger partial charge in [-0.15, -0.1) is 11.3 Å². The van der Waals surface area contributed by atoms with E-state index in [1.165, 1.54) is 15.7 Å². The van der Waals surface area contributed by atoms with Gasteiger partial charge in [0.05, 0.1) is 0 Å². The van der Waals surface area contributed by atoms with Crippen molar-refractivity contribution in [2.24, 2.45) is 11.3 Å². The average molecular weight is 300 g/mol. The molecule has 104 valence electrons. The molecule has 6 nitrogen and oxygen atoms in total. The maximum atomic E-state index is 12.3. The van der Waals surface area contributed by atoms with E-state index in [0.29, 0.717) is 17.4 Å². The molecule has 0 spiro atoms. The van der Waals surface area contributed by atoms with Gasteiger partial charge in [0.15, 0.2) is 15.8 Å². The minimum absolute atomic E-state index is 0.0437. The van der Waals surface area contributed by atoms with Crippen LogP contribution in [0.25, 0.3) is 4.96 Å². The second kappa shape index (κ2) is 3.94. The number of nitrogens with one attached hydrogen (secondary N) is 1. The van der Waals surface area contributed by atoms with Gasteiger partial charge in [-0.25, -0.2) is 18.1 Å². The van der Waals surface area contributed by atoms with Gasteiger partial charge in [-0.3, -0.25) is 4.40 Å². The lowest BCUT2D eigenvalue weighted by atomic mass is 10.1. The molecule has 2 aromatic rings. The van der Waals surface area contributed by atoms with Crippen molar-refractivity contribution in [3.8, 4) is 0 Å². The zero-order chi connectivity index (χ0) is 13.8. The zero-order valence-corrected chi connectivity index (χ0v) is 12.4. The Balaban J connectivity index is 1.87. The van der Waals surface area contributed by atoms with E-state index in [2.05, 4.69) is 23.6 Å². The Labute approximate surface area is 115 Å². The van der Waals surface area contributed by atoms with Crippen LogP contribution in [-0.2, 0) is 10.0 Å². The van der Waals surface area contributed by atoms with E-state index in [9.17, 15) is 8.42 Å². The smallest absolute Gasteiger partial charge is 0.260 e. The largest absolute Gasteiger partial charge is 0.381 e.